The molecular weight excluding hydrogens is 265 g/mol. The van der Waals surface area contributed by atoms with Gasteiger partial charge >= 0.3 is 0 Å². The van der Waals surface area contributed by atoms with Crippen LogP contribution >= 0.6 is 0 Å². The van der Waals surface area contributed by atoms with Gasteiger partial charge in [0.25, 0.3) is 0 Å². The van der Waals surface area contributed by atoms with Crippen LogP contribution in [0.25, 0.3) is 0 Å². The number of rotatable bonds is 3. The monoisotopic (exact) mass is 287 g/mol. The predicted octanol–water partition coefficient (Wildman–Crippen LogP) is 4.53. The van der Waals surface area contributed by atoms with Crippen molar-refractivity contribution < 1.29 is 8.81 Å². The van der Waals surface area contributed by atoms with Gasteiger partial charge in [-0.3, -0.25) is 0 Å². The molecule has 1 aliphatic rings. The molecule has 1 atom stereocenters. The summed E-state index contributed by atoms with van der Waals surface area (Å²) in [4.78, 5) is 0. The molecule has 0 radical (unpaired) electrons. The summed E-state index contributed by atoms with van der Waals surface area (Å²) in [5, 5.41) is 3.60. The van der Waals surface area contributed by atoms with Crippen molar-refractivity contribution in [2.75, 3.05) is 0 Å². The van der Waals surface area contributed by atoms with Gasteiger partial charge in [0.1, 0.15) is 17.3 Å². The molecule has 1 N–H and O–H groups in total. The third-order valence-electron chi connectivity index (χ3n) is 4.20. The van der Waals surface area contributed by atoms with E-state index in [9.17, 15) is 4.39 Å². The van der Waals surface area contributed by atoms with Crippen molar-refractivity contribution in [3.05, 3.63) is 58.8 Å². The molecule has 3 heteroatoms. The van der Waals surface area contributed by atoms with E-state index in [1.807, 2.05) is 19.1 Å². The minimum atomic E-state index is -0.190. The normalized spacial score (nSPS) is 20.3. The number of furan rings is 1. The summed E-state index contributed by atoms with van der Waals surface area (Å²) in [7, 11) is 0. The molecule has 2 aromatic rings. The highest BCUT2D eigenvalue weighted by Gasteiger charge is 2.34. The fourth-order valence-electron chi connectivity index (χ4n) is 3.21. The molecule has 0 aliphatic heterocycles. The van der Waals surface area contributed by atoms with Crippen molar-refractivity contribution in [2.24, 2.45) is 5.41 Å². The van der Waals surface area contributed by atoms with Crippen LogP contribution in [0.4, 0.5) is 4.39 Å². The number of nitrogens with one attached hydrogen (secondary N) is 1. The zero-order valence-electron chi connectivity index (χ0n) is 12.9. The van der Waals surface area contributed by atoms with Gasteiger partial charge in [-0.2, -0.15) is 0 Å². The highest BCUT2D eigenvalue weighted by Crippen LogP contribution is 2.42. The third kappa shape index (κ3) is 3.18. The van der Waals surface area contributed by atoms with E-state index >= 15 is 0 Å². The Morgan fingerprint density at radius 1 is 1.29 bits per heavy atom. The molecule has 0 amide bonds. The molecule has 0 saturated carbocycles. The number of hydrogen-bond acceptors (Lipinski definition) is 2. The summed E-state index contributed by atoms with van der Waals surface area (Å²) in [6, 6.07) is 9.12. The van der Waals surface area contributed by atoms with Crippen LogP contribution in [0.5, 0.6) is 0 Å². The van der Waals surface area contributed by atoms with E-state index in [-0.39, 0.29) is 11.2 Å². The summed E-state index contributed by atoms with van der Waals surface area (Å²) in [6.45, 7) is 7.30. The number of fused-ring (bicyclic) bond motifs is 1. The lowest BCUT2D eigenvalue weighted by atomic mass is 9.74. The van der Waals surface area contributed by atoms with Gasteiger partial charge in [0.15, 0.2) is 0 Å². The molecule has 1 heterocycles. The number of benzene rings is 1. The first-order valence-corrected chi connectivity index (χ1v) is 7.50. The maximum atomic E-state index is 13.0. The van der Waals surface area contributed by atoms with Crippen molar-refractivity contribution in [1.82, 2.24) is 5.32 Å². The lowest BCUT2D eigenvalue weighted by molar-refractivity contribution is 0.233. The van der Waals surface area contributed by atoms with Crippen molar-refractivity contribution >= 4 is 0 Å². The van der Waals surface area contributed by atoms with Gasteiger partial charge in [-0.15, -0.1) is 0 Å². The summed E-state index contributed by atoms with van der Waals surface area (Å²) >= 11 is 0. The molecule has 21 heavy (non-hydrogen) atoms. The Kier molecular flexibility index (Phi) is 3.62. The zero-order valence-corrected chi connectivity index (χ0v) is 12.9. The van der Waals surface area contributed by atoms with Crippen LogP contribution < -0.4 is 5.32 Å². The first-order chi connectivity index (χ1) is 9.93. The Hall–Kier alpha value is -1.61. The molecule has 0 spiro atoms. The van der Waals surface area contributed by atoms with Crippen molar-refractivity contribution in [3.63, 3.8) is 0 Å². The first-order valence-electron chi connectivity index (χ1n) is 7.50. The SMILES string of the molecule is Cc1cc2c(o1)CC(C)(C)CC2NCc1ccc(F)cc1. The largest absolute Gasteiger partial charge is 0.466 e. The van der Waals surface area contributed by atoms with Crippen LogP contribution in [0.3, 0.4) is 0 Å². The summed E-state index contributed by atoms with van der Waals surface area (Å²) < 4.78 is 18.8. The van der Waals surface area contributed by atoms with Gasteiger partial charge in [0.2, 0.25) is 0 Å². The van der Waals surface area contributed by atoms with Crippen LogP contribution in [-0.2, 0) is 13.0 Å². The molecule has 1 aromatic carbocycles. The highest BCUT2D eigenvalue weighted by molar-refractivity contribution is 5.29. The van der Waals surface area contributed by atoms with Crippen molar-refractivity contribution in [3.8, 4) is 0 Å². The standard InChI is InChI=1S/C18H22FNO/c1-12-8-15-16(9-18(2,3)10-17(15)21-12)20-11-13-4-6-14(19)7-5-13/h4-8,16,20H,9-11H2,1-3H3. The van der Waals surface area contributed by atoms with E-state index in [1.54, 1.807) is 0 Å². The van der Waals surface area contributed by atoms with Gasteiger partial charge in [0.05, 0.1) is 0 Å². The number of hydrogen-bond donors (Lipinski definition) is 1. The second-order valence-electron chi connectivity index (χ2n) is 6.84. The average molecular weight is 287 g/mol. The molecule has 1 aliphatic carbocycles. The lowest BCUT2D eigenvalue weighted by Crippen LogP contribution is -2.32. The molecule has 0 bridgehead atoms. The smallest absolute Gasteiger partial charge is 0.123 e. The van der Waals surface area contributed by atoms with Gasteiger partial charge in [-0.05, 0) is 42.5 Å². The summed E-state index contributed by atoms with van der Waals surface area (Å²) in [5.41, 5.74) is 2.62. The number of aryl methyl sites for hydroxylation is 1. The van der Waals surface area contributed by atoms with E-state index in [2.05, 4.69) is 25.2 Å². The molecule has 0 saturated heterocycles. The molecule has 2 nitrogen and oxygen atoms in total. The topological polar surface area (TPSA) is 25.2 Å². The Morgan fingerprint density at radius 3 is 2.71 bits per heavy atom. The zero-order chi connectivity index (χ0) is 15.0. The minimum Gasteiger partial charge on any atom is -0.466 e. The average Bonchev–Trinajstić information content (AvgIpc) is 2.76. The summed E-state index contributed by atoms with van der Waals surface area (Å²) in [5.74, 6) is 1.90. The maximum Gasteiger partial charge on any atom is 0.123 e. The van der Waals surface area contributed by atoms with Gasteiger partial charge in [-0.1, -0.05) is 26.0 Å². The van der Waals surface area contributed by atoms with Crippen LogP contribution in [0.2, 0.25) is 0 Å². The predicted molar refractivity (Wildman–Crippen MR) is 81.5 cm³/mol. The van der Waals surface area contributed by atoms with E-state index in [0.717, 1.165) is 36.5 Å². The Balaban J connectivity index is 1.76. The Morgan fingerprint density at radius 2 is 2.00 bits per heavy atom. The van der Waals surface area contributed by atoms with E-state index in [4.69, 9.17) is 4.42 Å². The van der Waals surface area contributed by atoms with Gasteiger partial charge in [-0.25, -0.2) is 4.39 Å². The van der Waals surface area contributed by atoms with Gasteiger partial charge in [0, 0.05) is 24.6 Å². The summed E-state index contributed by atoms with van der Waals surface area (Å²) in [6.07, 6.45) is 2.07. The van der Waals surface area contributed by atoms with E-state index in [0.29, 0.717) is 6.04 Å². The van der Waals surface area contributed by atoms with E-state index < -0.39 is 0 Å². The molecule has 3 rings (SSSR count). The quantitative estimate of drug-likeness (QED) is 0.897. The van der Waals surface area contributed by atoms with Crippen LogP contribution in [-0.4, -0.2) is 0 Å². The Bertz CT molecular complexity index is 627. The van der Waals surface area contributed by atoms with Crippen molar-refractivity contribution in [2.45, 2.75) is 46.2 Å². The maximum absolute atomic E-state index is 13.0. The second-order valence-corrected chi connectivity index (χ2v) is 6.84. The lowest BCUT2D eigenvalue weighted by Gasteiger charge is -2.35. The first kappa shape index (κ1) is 14.3. The van der Waals surface area contributed by atoms with Crippen LogP contribution in [0.1, 0.15) is 49.0 Å². The Labute approximate surface area is 125 Å². The van der Waals surface area contributed by atoms with Crippen LogP contribution in [0.15, 0.2) is 34.7 Å². The highest BCUT2D eigenvalue weighted by atomic mass is 19.1. The molecular formula is C18H22FNO. The van der Waals surface area contributed by atoms with Crippen molar-refractivity contribution in [1.29, 1.82) is 0 Å². The fourth-order valence-corrected chi connectivity index (χ4v) is 3.21. The fraction of sp³-hybridized carbons (Fsp3) is 0.444. The molecule has 1 aromatic heterocycles. The molecule has 1 unspecified atom stereocenters. The molecule has 0 fully saturated rings. The minimum absolute atomic E-state index is 0.190. The molecule has 112 valence electrons. The number of halogens is 1. The second kappa shape index (κ2) is 5.30. The van der Waals surface area contributed by atoms with Crippen LogP contribution in [0, 0.1) is 18.2 Å². The van der Waals surface area contributed by atoms with E-state index in [1.165, 1.54) is 17.7 Å². The third-order valence-corrected chi connectivity index (χ3v) is 4.20. The van der Waals surface area contributed by atoms with Gasteiger partial charge < -0.3 is 9.73 Å².